The highest BCUT2D eigenvalue weighted by molar-refractivity contribution is 6.05. The standard InChI is InChI=1S/C13H18N2O2/c1-8(2)11-13(16)15(3)9-6-5-7-10(17-4)12(9)14-11/h5-8,11,14H,1-4H3. The first-order valence-corrected chi connectivity index (χ1v) is 5.77. The molecule has 0 aromatic heterocycles. The molecule has 4 nitrogen and oxygen atoms in total. The van der Waals surface area contributed by atoms with Crippen molar-refractivity contribution in [3.8, 4) is 5.75 Å². The van der Waals surface area contributed by atoms with E-state index in [9.17, 15) is 4.79 Å². The molecule has 0 fully saturated rings. The second-order valence-electron chi connectivity index (χ2n) is 4.62. The van der Waals surface area contributed by atoms with E-state index in [1.807, 2.05) is 32.0 Å². The number of carbonyl (C=O) groups is 1. The number of hydrogen-bond donors (Lipinski definition) is 1. The first-order chi connectivity index (χ1) is 8.06. The molecule has 1 aromatic carbocycles. The number of anilines is 2. The van der Waals surface area contributed by atoms with E-state index >= 15 is 0 Å². The minimum atomic E-state index is -0.191. The van der Waals surface area contributed by atoms with E-state index in [0.29, 0.717) is 0 Å². The van der Waals surface area contributed by atoms with Crippen molar-refractivity contribution in [2.24, 2.45) is 5.92 Å². The minimum Gasteiger partial charge on any atom is -0.495 e. The fraction of sp³-hybridized carbons (Fsp3) is 0.462. The molecule has 1 N–H and O–H groups in total. The summed E-state index contributed by atoms with van der Waals surface area (Å²) in [6.45, 7) is 4.06. The Kier molecular flexibility index (Phi) is 2.96. The summed E-state index contributed by atoms with van der Waals surface area (Å²) in [7, 11) is 3.44. The van der Waals surface area contributed by atoms with Crippen molar-refractivity contribution in [3.05, 3.63) is 18.2 Å². The van der Waals surface area contributed by atoms with Crippen molar-refractivity contribution in [1.82, 2.24) is 0 Å². The van der Waals surface area contributed by atoms with E-state index in [-0.39, 0.29) is 17.9 Å². The van der Waals surface area contributed by atoms with E-state index in [4.69, 9.17) is 4.74 Å². The Morgan fingerprint density at radius 2 is 2.12 bits per heavy atom. The van der Waals surface area contributed by atoms with Gasteiger partial charge in [0.05, 0.1) is 12.8 Å². The topological polar surface area (TPSA) is 41.6 Å². The summed E-state index contributed by atoms with van der Waals surface area (Å²) >= 11 is 0. The highest BCUT2D eigenvalue weighted by Gasteiger charge is 2.33. The summed E-state index contributed by atoms with van der Waals surface area (Å²) < 4.78 is 5.32. The number of rotatable bonds is 2. The molecule has 1 aromatic rings. The molecule has 1 aliphatic heterocycles. The molecule has 1 heterocycles. The zero-order valence-corrected chi connectivity index (χ0v) is 10.7. The molecule has 1 unspecified atom stereocenters. The lowest BCUT2D eigenvalue weighted by Gasteiger charge is -2.35. The van der Waals surface area contributed by atoms with Crippen LogP contribution in [-0.2, 0) is 4.79 Å². The van der Waals surface area contributed by atoms with E-state index in [1.54, 1.807) is 19.1 Å². The minimum absolute atomic E-state index is 0.0979. The predicted molar refractivity (Wildman–Crippen MR) is 68.7 cm³/mol. The second kappa shape index (κ2) is 4.28. The van der Waals surface area contributed by atoms with E-state index in [0.717, 1.165) is 17.1 Å². The quantitative estimate of drug-likeness (QED) is 0.852. The average Bonchev–Trinajstić information content (AvgIpc) is 2.32. The molecular weight excluding hydrogens is 216 g/mol. The Morgan fingerprint density at radius 3 is 2.71 bits per heavy atom. The van der Waals surface area contributed by atoms with Crippen LogP contribution in [0.15, 0.2) is 18.2 Å². The third kappa shape index (κ3) is 1.84. The van der Waals surface area contributed by atoms with Gasteiger partial charge in [0, 0.05) is 7.05 Å². The van der Waals surface area contributed by atoms with Gasteiger partial charge in [0.15, 0.2) is 0 Å². The number of amides is 1. The largest absolute Gasteiger partial charge is 0.495 e. The monoisotopic (exact) mass is 234 g/mol. The molecule has 0 spiro atoms. The smallest absolute Gasteiger partial charge is 0.249 e. The van der Waals surface area contributed by atoms with Crippen LogP contribution in [0.2, 0.25) is 0 Å². The van der Waals surface area contributed by atoms with Gasteiger partial charge in [-0.1, -0.05) is 19.9 Å². The molecule has 0 saturated heterocycles. The molecule has 2 rings (SSSR count). The van der Waals surface area contributed by atoms with E-state index in [1.165, 1.54) is 0 Å². The zero-order valence-electron chi connectivity index (χ0n) is 10.7. The number of methoxy groups -OCH3 is 1. The van der Waals surface area contributed by atoms with Crippen LogP contribution in [0.25, 0.3) is 0 Å². The highest BCUT2D eigenvalue weighted by atomic mass is 16.5. The van der Waals surface area contributed by atoms with Gasteiger partial charge in [-0.2, -0.15) is 0 Å². The van der Waals surface area contributed by atoms with Crippen LogP contribution >= 0.6 is 0 Å². The molecular formula is C13H18N2O2. The summed E-state index contributed by atoms with van der Waals surface area (Å²) in [6, 6.07) is 5.51. The fourth-order valence-electron chi connectivity index (χ4n) is 2.11. The summed E-state index contributed by atoms with van der Waals surface area (Å²) in [5.74, 6) is 1.11. The van der Waals surface area contributed by atoms with Gasteiger partial charge >= 0.3 is 0 Å². The summed E-state index contributed by atoms with van der Waals surface area (Å²) in [6.07, 6.45) is 0. The maximum absolute atomic E-state index is 12.2. The number of nitrogens with zero attached hydrogens (tertiary/aromatic N) is 1. The first kappa shape index (κ1) is 11.8. The summed E-state index contributed by atoms with van der Waals surface area (Å²) in [5, 5.41) is 3.28. The summed E-state index contributed by atoms with van der Waals surface area (Å²) in [5.41, 5.74) is 1.77. The third-order valence-electron chi connectivity index (χ3n) is 3.15. The Bertz CT molecular complexity index is 443. The van der Waals surface area contributed by atoms with Crippen LogP contribution in [-0.4, -0.2) is 26.1 Å². The van der Waals surface area contributed by atoms with Crippen molar-refractivity contribution in [3.63, 3.8) is 0 Å². The lowest BCUT2D eigenvalue weighted by atomic mass is 9.99. The maximum Gasteiger partial charge on any atom is 0.249 e. The van der Waals surface area contributed by atoms with Crippen molar-refractivity contribution in [2.75, 3.05) is 24.4 Å². The van der Waals surface area contributed by atoms with Crippen molar-refractivity contribution in [1.29, 1.82) is 0 Å². The molecule has 0 radical (unpaired) electrons. The van der Waals surface area contributed by atoms with Gasteiger partial charge in [0.2, 0.25) is 5.91 Å². The van der Waals surface area contributed by atoms with Gasteiger partial charge in [-0.3, -0.25) is 4.79 Å². The van der Waals surface area contributed by atoms with Crippen molar-refractivity contribution >= 4 is 17.3 Å². The molecule has 0 saturated carbocycles. The summed E-state index contributed by atoms with van der Waals surface area (Å²) in [4.78, 5) is 13.8. The van der Waals surface area contributed by atoms with Gasteiger partial charge in [-0.15, -0.1) is 0 Å². The number of ether oxygens (including phenoxy) is 1. The molecule has 1 amide bonds. The predicted octanol–water partition coefficient (Wildman–Crippen LogP) is 2.11. The third-order valence-corrected chi connectivity index (χ3v) is 3.15. The Hall–Kier alpha value is -1.71. The number of carbonyl (C=O) groups excluding carboxylic acids is 1. The van der Waals surface area contributed by atoms with Gasteiger partial charge in [0.1, 0.15) is 17.5 Å². The van der Waals surface area contributed by atoms with Crippen molar-refractivity contribution in [2.45, 2.75) is 19.9 Å². The number of benzene rings is 1. The number of likely N-dealkylation sites (N-methyl/N-ethyl adjacent to an activating group) is 1. The first-order valence-electron chi connectivity index (χ1n) is 5.77. The van der Waals surface area contributed by atoms with Crippen molar-refractivity contribution < 1.29 is 9.53 Å². The SMILES string of the molecule is COc1cccc2c1NC(C(C)C)C(=O)N2C. The number of hydrogen-bond acceptors (Lipinski definition) is 3. The Balaban J connectivity index is 2.49. The molecule has 4 heteroatoms. The van der Waals surface area contributed by atoms with Crippen LogP contribution in [0.4, 0.5) is 11.4 Å². The van der Waals surface area contributed by atoms with Crippen LogP contribution in [0, 0.1) is 5.92 Å². The molecule has 17 heavy (non-hydrogen) atoms. The van der Waals surface area contributed by atoms with Gasteiger partial charge < -0.3 is 15.0 Å². The van der Waals surface area contributed by atoms with Crippen LogP contribution in [0.1, 0.15) is 13.8 Å². The molecule has 0 aliphatic carbocycles. The average molecular weight is 234 g/mol. The van der Waals surface area contributed by atoms with Gasteiger partial charge in [-0.05, 0) is 18.1 Å². The molecule has 0 bridgehead atoms. The van der Waals surface area contributed by atoms with E-state index in [2.05, 4.69) is 5.32 Å². The molecule has 1 aliphatic rings. The normalized spacial score (nSPS) is 19.0. The van der Waals surface area contributed by atoms with Crippen LogP contribution in [0.5, 0.6) is 5.75 Å². The van der Waals surface area contributed by atoms with Gasteiger partial charge in [0.25, 0.3) is 0 Å². The maximum atomic E-state index is 12.2. The Morgan fingerprint density at radius 1 is 1.41 bits per heavy atom. The van der Waals surface area contributed by atoms with Gasteiger partial charge in [-0.25, -0.2) is 0 Å². The number of para-hydroxylation sites is 1. The fourth-order valence-corrected chi connectivity index (χ4v) is 2.11. The molecule has 1 atom stereocenters. The Labute approximate surface area is 102 Å². The lowest BCUT2D eigenvalue weighted by Crippen LogP contribution is -2.47. The molecule has 92 valence electrons. The highest BCUT2D eigenvalue weighted by Crippen LogP contribution is 2.39. The lowest BCUT2D eigenvalue weighted by molar-refractivity contribution is -0.120. The zero-order chi connectivity index (χ0) is 12.6. The number of fused-ring (bicyclic) bond motifs is 1. The number of nitrogens with one attached hydrogen (secondary N) is 1. The second-order valence-corrected chi connectivity index (χ2v) is 4.62. The van der Waals surface area contributed by atoms with Crippen LogP contribution in [0.3, 0.4) is 0 Å². The van der Waals surface area contributed by atoms with Crippen LogP contribution < -0.4 is 15.0 Å². The van der Waals surface area contributed by atoms with E-state index < -0.39 is 0 Å².